The van der Waals surface area contributed by atoms with Gasteiger partial charge in [0.05, 0.1) is 11.9 Å². The number of anilines is 1. The number of amides is 1. The van der Waals surface area contributed by atoms with Crippen LogP contribution in [-0.4, -0.2) is 73.0 Å². The number of rotatable bonds is 20. The van der Waals surface area contributed by atoms with E-state index in [0.717, 1.165) is 55.9 Å². The van der Waals surface area contributed by atoms with Gasteiger partial charge in [0.2, 0.25) is 10.0 Å². The summed E-state index contributed by atoms with van der Waals surface area (Å²) < 4.78 is 38.8. The molecule has 5 rings (SSSR count). The van der Waals surface area contributed by atoms with E-state index in [9.17, 15) is 28.2 Å². The van der Waals surface area contributed by atoms with Gasteiger partial charge in [0.1, 0.15) is 36.9 Å². The lowest BCUT2D eigenvalue weighted by molar-refractivity contribution is -0.140. The number of hydrogen-bond acceptors (Lipinski definition) is 8. The zero-order chi connectivity index (χ0) is 40.1. The molecule has 0 heterocycles. The van der Waals surface area contributed by atoms with Crippen LogP contribution in [0.1, 0.15) is 73.0 Å². The molecule has 2 atom stereocenters. The minimum atomic E-state index is -3.59. The number of nitrogens with one attached hydrogen (secondary N) is 2. The first-order valence-corrected chi connectivity index (χ1v) is 21.2. The van der Waals surface area contributed by atoms with Gasteiger partial charge in [0.15, 0.2) is 0 Å². The summed E-state index contributed by atoms with van der Waals surface area (Å²) in [6.07, 6.45) is 6.39. The molecule has 1 fully saturated rings. The predicted octanol–water partition coefficient (Wildman–Crippen LogP) is 6.91. The molecule has 11 nitrogen and oxygen atoms in total. The maximum Gasteiger partial charge on any atom is 0.326 e. The Hall–Kier alpha value is -4.91. The smallest absolute Gasteiger partial charge is 0.326 e. The molecule has 1 aliphatic carbocycles. The predicted molar refractivity (Wildman–Crippen MR) is 218 cm³/mol. The van der Waals surface area contributed by atoms with E-state index in [-0.39, 0.29) is 30.7 Å². The number of carboxylic acid groups (broad SMARTS) is 1. The molecular formula is C44H55N3O8S. The van der Waals surface area contributed by atoms with Crippen LogP contribution in [0, 0.1) is 11.8 Å². The summed E-state index contributed by atoms with van der Waals surface area (Å²) in [6.45, 7) is 4.95. The molecule has 0 aliphatic heterocycles. The summed E-state index contributed by atoms with van der Waals surface area (Å²) in [5.74, 6) is -0.306. The Kier molecular flexibility index (Phi) is 15.3. The van der Waals surface area contributed by atoms with Gasteiger partial charge in [-0.1, -0.05) is 86.6 Å². The summed E-state index contributed by atoms with van der Waals surface area (Å²) in [7, 11) is -3.59. The summed E-state index contributed by atoms with van der Waals surface area (Å²) >= 11 is 0. The summed E-state index contributed by atoms with van der Waals surface area (Å²) in [5, 5.41) is 23.3. The number of nitrogens with zero attached hydrogens (tertiary/aromatic N) is 1. The van der Waals surface area contributed by atoms with Gasteiger partial charge in [-0.15, -0.1) is 0 Å². The van der Waals surface area contributed by atoms with E-state index < -0.39 is 28.1 Å². The van der Waals surface area contributed by atoms with E-state index in [1.807, 2.05) is 60.7 Å². The highest BCUT2D eigenvalue weighted by molar-refractivity contribution is 7.92. The first kappa shape index (κ1) is 42.2. The molecule has 0 unspecified atom stereocenters. The summed E-state index contributed by atoms with van der Waals surface area (Å²) in [4.78, 5) is 26.5. The van der Waals surface area contributed by atoms with Crippen LogP contribution in [0.4, 0.5) is 5.69 Å². The second kappa shape index (κ2) is 20.3. The molecule has 4 aromatic rings. The Morgan fingerprint density at radius 1 is 0.839 bits per heavy atom. The molecule has 0 spiro atoms. The molecule has 0 saturated heterocycles. The first-order valence-electron chi connectivity index (χ1n) is 19.3. The number of benzene rings is 4. The minimum absolute atomic E-state index is 0.0293. The highest BCUT2D eigenvalue weighted by Gasteiger charge is 2.28. The number of carboxylic acids is 1. The lowest BCUT2D eigenvalue weighted by Gasteiger charge is -2.38. The van der Waals surface area contributed by atoms with Gasteiger partial charge in [0, 0.05) is 30.8 Å². The molecule has 1 aliphatic rings. The second-order valence-corrected chi connectivity index (χ2v) is 16.9. The molecular weight excluding hydrogens is 731 g/mol. The van der Waals surface area contributed by atoms with Crippen LogP contribution >= 0.6 is 0 Å². The van der Waals surface area contributed by atoms with Crippen LogP contribution in [0.25, 0.3) is 0 Å². The lowest BCUT2D eigenvalue weighted by atomic mass is 9.82. The Morgan fingerprint density at radius 3 is 2.09 bits per heavy atom. The van der Waals surface area contributed by atoms with Crippen molar-refractivity contribution in [3.05, 3.63) is 125 Å². The summed E-state index contributed by atoms with van der Waals surface area (Å²) in [5.41, 5.74) is 3.97. The number of carbonyl (C=O) groups is 2. The van der Waals surface area contributed by atoms with Crippen LogP contribution in [-0.2, 0) is 34.4 Å². The average Bonchev–Trinajstić information content (AvgIpc) is 3.18. The van der Waals surface area contributed by atoms with Crippen LogP contribution in [0.5, 0.6) is 11.5 Å². The number of aliphatic carboxylic acids is 1. The van der Waals surface area contributed by atoms with E-state index in [1.54, 1.807) is 44.2 Å². The molecule has 4 N–H and O–H groups in total. The van der Waals surface area contributed by atoms with Crippen molar-refractivity contribution in [2.75, 3.05) is 24.1 Å². The van der Waals surface area contributed by atoms with Crippen molar-refractivity contribution in [1.82, 2.24) is 10.2 Å². The number of aliphatic hydroxyl groups is 1. The van der Waals surface area contributed by atoms with E-state index in [4.69, 9.17) is 9.47 Å². The normalized spacial score (nSPS) is 16.9. The van der Waals surface area contributed by atoms with Crippen molar-refractivity contribution < 1.29 is 37.7 Å². The van der Waals surface area contributed by atoms with Crippen LogP contribution in [0.2, 0.25) is 0 Å². The van der Waals surface area contributed by atoms with Gasteiger partial charge in [0.25, 0.3) is 5.91 Å². The molecule has 4 aromatic carbocycles. The van der Waals surface area contributed by atoms with Gasteiger partial charge >= 0.3 is 5.97 Å². The largest absolute Gasteiger partial charge is 0.491 e. The zero-order valence-corrected chi connectivity index (χ0v) is 33.3. The average molecular weight is 786 g/mol. The lowest BCUT2D eigenvalue weighted by Crippen LogP contribution is -2.44. The van der Waals surface area contributed by atoms with Crippen molar-refractivity contribution in [1.29, 1.82) is 0 Å². The van der Waals surface area contributed by atoms with Crippen LogP contribution in [0.15, 0.2) is 103 Å². The van der Waals surface area contributed by atoms with E-state index in [2.05, 4.69) is 27.1 Å². The van der Waals surface area contributed by atoms with Crippen LogP contribution in [0.3, 0.4) is 0 Å². The number of sulfonamides is 1. The molecule has 0 bridgehead atoms. The van der Waals surface area contributed by atoms with Gasteiger partial charge in [-0.2, -0.15) is 0 Å². The zero-order valence-electron chi connectivity index (χ0n) is 32.5. The summed E-state index contributed by atoms with van der Waals surface area (Å²) in [6, 6.07) is 31.6. The maximum atomic E-state index is 12.6. The maximum absolute atomic E-state index is 12.6. The molecule has 0 aromatic heterocycles. The van der Waals surface area contributed by atoms with Crippen LogP contribution < -0.4 is 19.5 Å². The monoisotopic (exact) mass is 785 g/mol. The third kappa shape index (κ3) is 13.4. The molecule has 56 heavy (non-hydrogen) atoms. The highest BCUT2D eigenvalue weighted by Crippen LogP contribution is 2.33. The topological polar surface area (TPSA) is 154 Å². The fourth-order valence-corrected chi connectivity index (χ4v) is 7.71. The minimum Gasteiger partial charge on any atom is -0.491 e. The number of ether oxygens (including phenoxy) is 2. The first-order chi connectivity index (χ1) is 26.8. The third-order valence-corrected chi connectivity index (χ3v) is 10.8. The Morgan fingerprint density at radius 2 is 1.48 bits per heavy atom. The standard InChI is InChI=1S/C44H55N3O8S/c1-31(2)42(44(50)51)45-43(49)36-20-16-32(17-21-36)14-15-33-18-22-37(23-19-33)47(27-34-10-6-4-7-11-34)28-38(48)30-54-39-24-25-41(40(26-39)46-56(3,52)53)55-29-35-12-8-5-9-13-35/h4-13,16-17,20-21,24-26,31,33,37-38,42,46,48H,14-15,18-19,22-23,27-30H2,1-3H3,(H,45,49)(H,50,51)/t33?,37?,38-,42-/m0/s1. The van der Waals surface area contributed by atoms with E-state index >= 15 is 0 Å². The molecule has 12 heteroatoms. The van der Waals surface area contributed by atoms with Gasteiger partial charge in [-0.3, -0.25) is 14.4 Å². The van der Waals surface area contributed by atoms with Crippen molar-refractivity contribution in [2.24, 2.45) is 11.8 Å². The fourth-order valence-electron chi connectivity index (χ4n) is 7.15. The number of carbonyl (C=O) groups excluding carboxylic acids is 1. The fraction of sp³-hybridized carbons (Fsp3) is 0.409. The quantitative estimate of drug-likeness (QED) is 0.0749. The molecule has 1 amide bonds. The van der Waals surface area contributed by atoms with Gasteiger partial charge in [-0.25, -0.2) is 13.2 Å². The number of aryl methyl sites for hydroxylation is 1. The SMILES string of the molecule is CC(C)[C@H](NC(=O)c1ccc(CCC2CCC(N(Cc3ccccc3)C[C@H](O)COc3ccc(OCc4ccccc4)c(NS(C)(=O)=O)c3)CC2)cc1)C(=O)O. The second-order valence-electron chi connectivity index (χ2n) is 15.1. The van der Waals surface area contributed by atoms with Gasteiger partial charge in [-0.05, 0) is 91.3 Å². The number of aliphatic hydroxyl groups excluding tert-OH is 1. The van der Waals surface area contributed by atoms with E-state index in [0.29, 0.717) is 42.1 Å². The molecule has 1 saturated carbocycles. The Bertz CT molecular complexity index is 1950. The molecule has 300 valence electrons. The third-order valence-electron chi connectivity index (χ3n) is 10.2. The van der Waals surface area contributed by atoms with Crippen molar-refractivity contribution in [3.8, 4) is 11.5 Å². The van der Waals surface area contributed by atoms with Crippen molar-refractivity contribution in [2.45, 2.75) is 83.7 Å². The van der Waals surface area contributed by atoms with Crippen molar-refractivity contribution in [3.63, 3.8) is 0 Å². The Labute approximate surface area is 331 Å². The highest BCUT2D eigenvalue weighted by atomic mass is 32.2. The van der Waals surface area contributed by atoms with Crippen molar-refractivity contribution >= 4 is 27.6 Å². The molecule has 0 radical (unpaired) electrons. The Balaban J connectivity index is 1.14. The van der Waals surface area contributed by atoms with Gasteiger partial charge < -0.3 is 25.0 Å². The number of hydrogen-bond donors (Lipinski definition) is 4. The van der Waals surface area contributed by atoms with E-state index in [1.165, 1.54) is 5.56 Å².